The van der Waals surface area contributed by atoms with Crippen molar-refractivity contribution in [2.45, 2.75) is 78.8 Å². The van der Waals surface area contributed by atoms with Crippen LogP contribution in [0.15, 0.2) is 109 Å². The van der Waals surface area contributed by atoms with Crippen LogP contribution in [0, 0.1) is 13.8 Å². The maximum absolute atomic E-state index is 13.7. The van der Waals surface area contributed by atoms with Gasteiger partial charge in [-0.3, -0.25) is 4.79 Å². The summed E-state index contributed by atoms with van der Waals surface area (Å²) in [6, 6.07) is 34.7. The second-order valence-corrected chi connectivity index (χ2v) is 17.1. The van der Waals surface area contributed by atoms with Gasteiger partial charge in [-0.05, 0) is 104 Å². The van der Waals surface area contributed by atoms with Gasteiger partial charge in [0.25, 0.3) is 0 Å². The van der Waals surface area contributed by atoms with Gasteiger partial charge >= 0.3 is 16.3 Å². The van der Waals surface area contributed by atoms with E-state index in [1.54, 1.807) is 19.1 Å². The maximum atomic E-state index is 13.7. The van der Waals surface area contributed by atoms with Gasteiger partial charge in [-0.25, -0.2) is 4.68 Å². The van der Waals surface area contributed by atoms with E-state index in [0.29, 0.717) is 37.7 Å². The predicted molar refractivity (Wildman–Crippen MR) is 235 cm³/mol. The Bertz CT molecular complexity index is 2530. The lowest BCUT2D eigenvalue weighted by Gasteiger charge is -2.33. The number of benzene rings is 5. The Balaban J connectivity index is 1.07. The van der Waals surface area contributed by atoms with Gasteiger partial charge in [-0.2, -0.15) is 12.7 Å². The molecular formula is C48H55N5O7S. The molecule has 0 fully saturated rings. The van der Waals surface area contributed by atoms with Crippen LogP contribution in [0.4, 0.5) is 0 Å². The average molecular weight is 846 g/mol. The number of rotatable bonds is 19. The van der Waals surface area contributed by atoms with E-state index < -0.39 is 22.3 Å². The molecule has 1 unspecified atom stereocenters. The normalized spacial score (nSPS) is 14.7. The second-order valence-electron chi connectivity index (χ2n) is 15.6. The van der Waals surface area contributed by atoms with Crippen molar-refractivity contribution < 1.29 is 31.6 Å². The molecule has 320 valence electrons. The van der Waals surface area contributed by atoms with Crippen LogP contribution in [0.3, 0.4) is 0 Å². The monoisotopic (exact) mass is 845 g/mol. The third-order valence-corrected chi connectivity index (χ3v) is 12.8. The standard InChI is InChI=1S/C48H55N5O7S/c1-6-58-47(54)30-44(42-21-22-45-48(35(42)3)49-50-52(45)26-25-51(5)24-13-27-57-32-37-14-9-7-10-15-37)39-19-18-34(2)43(29-39)36(4)53-31-40-28-41(20-23-46(40)60-61(53,55)56)59-33-38-16-11-8-12-17-38/h7-12,14-23,28-29,36,44H,6,13,24-27,30-33H2,1-5H3/t36-,44?/m1/s1. The van der Waals surface area contributed by atoms with E-state index in [9.17, 15) is 13.2 Å². The first-order chi connectivity index (χ1) is 29.5. The highest BCUT2D eigenvalue weighted by Gasteiger charge is 2.37. The molecule has 0 amide bonds. The molecule has 2 heterocycles. The SMILES string of the molecule is CCOC(=O)CC(c1ccc(C)c([C@@H](C)N2Cc3cc(OCc4ccccc4)ccc3OS2(=O)=O)c1)c1ccc2c(nnn2CCN(C)CCCOCc2ccccc2)c1C. The Morgan fingerprint density at radius 3 is 2.36 bits per heavy atom. The molecule has 13 heteroatoms. The van der Waals surface area contributed by atoms with E-state index in [-0.39, 0.29) is 31.3 Å². The molecule has 1 aromatic heterocycles. The highest BCUT2D eigenvalue weighted by Crippen LogP contribution is 2.40. The first kappa shape index (κ1) is 43.5. The molecule has 0 saturated heterocycles. The molecule has 5 aromatic carbocycles. The third-order valence-electron chi connectivity index (χ3n) is 11.3. The molecule has 7 rings (SSSR count). The molecule has 1 aliphatic rings. The molecule has 0 radical (unpaired) electrons. The summed E-state index contributed by atoms with van der Waals surface area (Å²) in [5.41, 5.74) is 9.00. The number of esters is 1. The molecule has 1 aliphatic heterocycles. The molecule has 0 bridgehead atoms. The molecule has 0 aliphatic carbocycles. The quantitative estimate of drug-likeness (QED) is 0.0580. The number of carbonyl (C=O) groups excluding carboxylic acids is 1. The van der Waals surface area contributed by atoms with Crippen molar-refractivity contribution in [1.82, 2.24) is 24.2 Å². The minimum Gasteiger partial charge on any atom is -0.489 e. The molecule has 0 N–H and O–H groups in total. The summed E-state index contributed by atoms with van der Waals surface area (Å²) in [5.74, 6) is 0.183. The number of fused-ring (bicyclic) bond motifs is 2. The number of aryl methyl sites for hydroxylation is 2. The topological polar surface area (TPSA) is 125 Å². The number of hydrogen-bond donors (Lipinski definition) is 0. The van der Waals surface area contributed by atoms with E-state index in [0.717, 1.165) is 63.9 Å². The smallest absolute Gasteiger partial charge is 0.386 e. The summed E-state index contributed by atoms with van der Waals surface area (Å²) in [6.07, 6.45) is 1.02. The molecule has 61 heavy (non-hydrogen) atoms. The van der Waals surface area contributed by atoms with E-state index in [2.05, 4.69) is 40.5 Å². The number of nitrogens with zero attached hydrogens (tertiary/aromatic N) is 5. The van der Waals surface area contributed by atoms with Crippen LogP contribution < -0.4 is 8.92 Å². The van der Waals surface area contributed by atoms with Gasteiger partial charge in [0.15, 0.2) is 0 Å². The van der Waals surface area contributed by atoms with E-state index in [1.165, 1.54) is 9.87 Å². The minimum absolute atomic E-state index is 0.0926. The van der Waals surface area contributed by atoms with Gasteiger partial charge in [0, 0.05) is 37.7 Å². The van der Waals surface area contributed by atoms with E-state index >= 15 is 0 Å². The summed E-state index contributed by atoms with van der Waals surface area (Å²) >= 11 is 0. The zero-order chi connectivity index (χ0) is 42.9. The minimum atomic E-state index is -4.14. The van der Waals surface area contributed by atoms with Crippen LogP contribution in [-0.4, -0.2) is 71.9 Å². The lowest BCUT2D eigenvalue weighted by atomic mass is 9.83. The Labute approximate surface area is 359 Å². The fourth-order valence-electron chi connectivity index (χ4n) is 7.91. The Hall–Kier alpha value is -5.60. The fraction of sp³-hybridized carbons (Fsp3) is 0.354. The predicted octanol–water partition coefficient (Wildman–Crippen LogP) is 8.45. The fourth-order valence-corrected chi connectivity index (χ4v) is 9.19. The second kappa shape index (κ2) is 19.9. The lowest BCUT2D eigenvalue weighted by molar-refractivity contribution is -0.143. The molecule has 0 spiro atoms. The number of aromatic nitrogens is 3. The van der Waals surface area contributed by atoms with E-state index in [4.69, 9.17) is 18.4 Å². The lowest BCUT2D eigenvalue weighted by Crippen LogP contribution is -2.39. The third kappa shape index (κ3) is 10.7. The van der Waals surface area contributed by atoms with Crippen molar-refractivity contribution in [3.8, 4) is 11.5 Å². The maximum Gasteiger partial charge on any atom is 0.386 e. The van der Waals surface area contributed by atoms with Gasteiger partial charge in [-0.1, -0.05) is 90.1 Å². The largest absolute Gasteiger partial charge is 0.489 e. The number of carbonyl (C=O) groups is 1. The summed E-state index contributed by atoms with van der Waals surface area (Å²) in [7, 11) is -2.05. The van der Waals surface area contributed by atoms with Gasteiger partial charge in [0.1, 0.15) is 23.6 Å². The molecule has 12 nitrogen and oxygen atoms in total. The van der Waals surface area contributed by atoms with Gasteiger partial charge in [0.05, 0.1) is 37.7 Å². The van der Waals surface area contributed by atoms with Gasteiger partial charge < -0.3 is 23.3 Å². The molecule has 2 atom stereocenters. The van der Waals surface area contributed by atoms with Crippen LogP contribution in [0.5, 0.6) is 11.5 Å². The van der Waals surface area contributed by atoms with Crippen molar-refractivity contribution in [2.75, 3.05) is 33.4 Å². The van der Waals surface area contributed by atoms with Crippen LogP contribution in [0.2, 0.25) is 0 Å². The Morgan fingerprint density at radius 2 is 1.62 bits per heavy atom. The van der Waals surface area contributed by atoms with Crippen molar-refractivity contribution in [3.63, 3.8) is 0 Å². The first-order valence-electron chi connectivity index (χ1n) is 20.9. The van der Waals surface area contributed by atoms with Crippen LogP contribution in [0.25, 0.3) is 11.0 Å². The van der Waals surface area contributed by atoms with Gasteiger partial charge in [0.2, 0.25) is 0 Å². The van der Waals surface area contributed by atoms with Crippen molar-refractivity contribution >= 4 is 27.3 Å². The summed E-state index contributed by atoms with van der Waals surface area (Å²) in [6.45, 7) is 12.0. The average Bonchev–Trinajstić information content (AvgIpc) is 3.68. The van der Waals surface area contributed by atoms with Crippen molar-refractivity contribution in [1.29, 1.82) is 0 Å². The summed E-state index contributed by atoms with van der Waals surface area (Å²) in [4.78, 5) is 15.5. The highest BCUT2D eigenvalue weighted by atomic mass is 32.2. The molecule has 6 aromatic rings. The van der Waals surface area contributed by atoms with E-state index in [1.807, 2.05) is 104 Å². The number of likely N-dealkylation sites (N-methyl/N-ethyl adjacent to an activating group) is 1. The molecule has 0 saturated carbocycles. The van der Waals surface area contributed by atoms with Crippen molar-refractivity contribution in [2.24, 2.45) is 0 Å². The van der Waals surface area contributed by atoms with Crippen LogP contribution in [-0.2, 0) is 50.9 Å². The number of ether oxygens (including phenoxy) is 3. The zero-order valence-corrected chi connectivity index (χ0v) is 36.4. The Morgan fingerprint density at radius 1 is 0.885 bits per heavy atom. The number of hydrogen-bond acceptors (Lipinski definition) is 10. The summed E-state index contributed by atoms with van der Waals surface area (Å²) < 4.78 is 53.7. The highest BCUT2D eigenvalue weighted by molar-refractivity contribution is 7.84. The van der Waals surface area contributed by atoms with Crippen LogP contribution >= 0.6 is 0 Å². The van der Waals surface area contributed by atoms with Crippen LogP contribution in [0.1, 0.15) is 83.2 Å². The zero-order valence-electron chi connectivity index (χ0n) is 35.6. The van der Waals surface area contributed by atoms with Gasteiger partial charge in [-0.15, -0.1) is 5.10 Å². The first-order valence-corrected chi connectivity index (χ1v) is 22.3. The Kier molecular flexibility index (Phi) is 14.2. The van der Waals surface area contributed by atoms with Crippen molar-refractivity contribution in [3.05, 3.63) is 154 Å². The summed E-state index contributed by atoms with van der Waals surface area (Å²) in [5, 5.41) is 9.15. The molecular weight excluding hydrogens is 791 g/mol.